The number of amides is 2. The molecule has 3 aromatic carbocycles. The average Bonchev–Trinajstić information content (AvgIpc) is 2.80. The molecule has 0 aliphatic heterocycles. The van der Waals surface area contributed by atoms with E-state index in [2.05, 4.69) is 10.6 Å². The van der Waals surface area contributed by atoms with Crippen molar-refractivity contribution in [3.05, 3.63) is 89.6 Å². The van der Waals surface area contributed by atoms with Gasteiger partial charge >= 0.3 is 0 Å². The molecule has 2 amide bonds. The van der Waals surface area contributed by atoms with Crippen LogP contribution in [0.1, 0.15) is 15.9 Å². The van der Waals surface area contributed by atoms with Gasteiger partial charge in [0, 0.05) is 27.8 Å². The molecule has 0 aliphatic rings. The second-order valence-corrected chi connectivity index (χ2v) is 7.37. The smallest absolute Gasteiger partial charge is 0.272 e. The highest BCUT2D eigenvalue weighted by molar-refractivity contribution is 7.98. The number of thioether (sulfide) groups is 1. The normalized spacial score (nSPS) is 11.0. The van der Waals surface area contributed by atoms with E-state index in [1.165, 1.54) is 25.3 Å². The molecule has 7 heteroatoms. The zero-order chi connectivity index (χ0) is 22.2. The Balaban J connectivity index is 1.92. The fourth-order valence-electron chi connectivity index (χ4n) is 2.79. The molecule has 0 heterocycles. The van der Waals surface area contributed by atoms with E-state index in [0.29, 0.717) is 22.6 Å². The summed E-state index contributed by atoms with van der Waals surface area (Å²) in [6.45, 7) is 0. The molecule has 0 spiro atoms. The highest BCUT2D eigenvalue weighted by Gasteiger charge is 2.16. The standard InChI is InChI=1S/C24H22N2O4S/c1-30-22-15-19(27)11-8-17(22)14-21(26-23(28)16-6-4-3-5-7-16)24(29)25-18-9-12-20(31-2)13-10-18/h3-15,27H,1-2H3,(H,25,29)(H,26,28)/b21-14-. The molecule has 0 fully saturated rings. The van der Waals surface area contributed by atoms with E-state index in [0.717, 1.165) is 4.90 Å². The van der Waals surface area contributed by atoms with Crippen molar-refractivity contribution in [2.24, 2.45) is 0 Å². The van der Waals surface area contributed by atoms with Gasteiger partial charge in [0.2, 0.25) is 0 Å². The summed E-state index contributed by atoms with van der Waals surface area (Å²) in [5.74, 6) is -0.514. The number of anilines is 1. The Hall–Kier alpha value is -3.71. The average molecular weight is 435 g/mol. The van der Waals surface area contributed by atoms with Crippen LogP contribution in [-0.4, -0.2) is 30.3 Å². The lowest BCUT2D eigenvalue weighted by atomic mass is 10.1. The number of hydrogen-bond acceptors (Lipinski definition) is 5. The summed E-state index contributed by atoms with van der Waals surface area (Å²) in [5.41, 5.74) is 1.58. The first-order valence-corrected chi connectivity index (χ1v) is 10.6. The highest BCUT2D eigenvalue weighted by atomic mass is 32.2. The Morgan fingerprint density at radius 2 is 1.71 bits per heavy atom. The van der Waals surface area contributed by atoms with Crippen molar-refractivity contribution in [1.29, 1.82) is 0 Å². The summed E-state index contributed by atoms with van der Waals surface area (Å²) in [6, 6.07) is 20.5. The number of carbonyl (C=O) groups excluding carboxylic acids is 2. The molecule has 0 aromatic heterocycles. The molecule has 31 heavy (non-hydrogen) atoms. The summed E-state index contributed by atoms with van der Waals surface area (Å²) < 4.78 is 5.29. The van der Waals surface area contributed by atoms with Crippen LogP contribution in [-0.2, 0) is 4.79 Å². The van der Waals surface area contributed by atoms with Gasteiger partial charge in [0.1, 0.15) is 17.2 Å². The largest absolute Gasteiger partial charge is 0.508 e. The van der Waals surface area contributed by atoms with Gasteiger partial charge in [0.15, 0.2) is 0 Å². The quantitative estimate of drug-likeness (QED) is 0.376. The molecule has 158 valence electrons. The van der Waals surface area contributed by atoms with Crippen LogP contribution in [0.4, 0.5) is 5.69 Å². The summed E-state index contributed by atoms with van der Waals surface area (Å²) in [5, 5.41) is 15.2. The predicted octanol–water partition coefficient (Wildman–Crippen LogP) is 4.53. The third kappa shape index (κ3) is 5.90. The molecule has 0 radical (unpaired) electrons. The number of aromatic hydroxyl groups is 1. The number of benzene rings is 3. The minimum atomic E-state index is -0.490. The molecule has 3 aromatic rings. The van der Waals surface area contributed by atoms with Gasteiger partial charge in [-0.1, -0.05) is 18.2 Å². The van der Waals surface area contributed by atoms with E-state index >= 15 is 0 Å². The Labute approximate surface area is 184 Å². The van der Waals surface area contributed by atoms with E-state index < -0.39 is 11.8 Å². The molecular weight excluding hydrogens is 412 g/mol. The Bertz CT molecular complexity index is 1100. The molecule has 0 unspecified atom stereocenters. The molecular formula is C24H22N2O4S. The fraction of sp³-hybridized carbons (Fsp3) is 0.0833. The number of phenols is 1. The minimum Gasteiger partial charge on any atom is -0.508 e. The van der Waals surface area contributed by atoms with Gasteiger partial charge in [-0.15, -0.1) is 11.8 Å². The maximum Gasteiger partial charge on any atom is 0.272 e. The van der Waals surface area contributed by atoms with Crippen molar-refractivity contribution < 1.29 is 19.4 Å². The Morgan fingerprint density at radius 1 is 1.00 bits per heavy atom. The van der Waals surface area contributed by atoms with Crippen LogP contribution in [0.25, 0.3) is 6.08 Å². The van der Waals surface area contributed by atoms with Gasteiger partial charge < -0.3 is 20.5 Å². The van der Waals surface area contributed by atoms with Crippen LogP contribution < -0.4 is 15.4 Å². The van der Waals surface area contributed by atoms with E-state index in [1.54, 1.807) is 60.3 Å². The summed E-state index contributed by atoms with van der Waals surface area (Å²) in [6.07, 6.45) is 3.48. The monoisotopic (exact) mass is 434 g/mol. The lowest BCUT2D eigenvalue weighted by molar-refractivity contribution is -0.113. The summed E-state index contributed by atoms with van der Waals surface area (Å²) >= 11 is 1.60. The van der Waals surface area contributed by atoms with Gasteiger partial charge in [-0.25, -0.2) is 0 Å². The summed E-state index contributed by atoms with van der Waals surface area (Å²) in [4.78, 5) is 26.8. The van der Waals surface area contributed by atoms with Crippen molar-refractivity contribution in [2.45, 2.75) is 4.90 Å². The number of phenolic OH excluding ortho intramolecular Hbond substituents is 1. The van der Waals surface area contributed by atoms with Crippen LogP contribution in [0.15, 0.2) is 83.4 Å². The molecule has 0 aliphatic carbocycles. The topological polar surface area (TPSA) is 87.7 Å². The maximum atomic E-state index is 13.0. The number of ether oxygens (including phenoxy) is 1. The third-order valence-electron chi connectivity index (χ3n) is 4.39. The number of hydrogen-bond donors (Lipinski definition) is 3. The summed E-state index contributed by atoms with van der Waals surface area (Å²) in [7, 11) is 1.46. The van der Waals surface area contributed by atoms with Gasteiger partial charge in [0.05, 0.1) is 7.11 Å². The van der Waals surface area contributed by atoms with Crippen molar-refractivity contribution in [3.8, 4) is 11.5 Å². The van der Waals surface area contributed by atoms with E-state index in [4.69, 9.17) is 4.74 Å². The zero-order valence-corrected chi connectivity index (χ0v) is 17.9. The number of methoxy groups -OCH3 is 1. The second-order valence-electron chi connectivity index (χ2n) is 6.49. The van der Waals surface area contributed by atoms with E-state index in [1.807, 2.05) is 18.4 Å². The van der Waals surface area contributed by atoms with Crippen molar-refractivity contribution in [2.75, 3.05) is 18.7 Å². The van der Waals surface area contributed by atoms with Gasteiger partial charge in [-0.05, 0) is 60.9 Å². The first-order valence-electron chi connectivity index (χ1n) is 9.40. The first kappa shape index (κ1) is 22.0. The Kier molecular flexibility index (Phi) is 7.35. The Morgan fingerprint density at radius 3 is 2.35 bits per heavy atom. The molecule has 0 atom stereocenters. The molecule has 6 nitrogen and oxygen atoms in total. The first-order chi connectivity index (χ1) is 15.0. The van der Waals surface area contributed by atoms with Crippen LogP contribution >= 0.6 is 11.8 Å². The molecule has 0 bridgehead atoms. The van der Waals surface area contributed by atoms with Gasteiger partial charge in [-0.3, -0.25) is 9.59 Å². The molecule has 3 N–H and O–H groups in total. The van der Waals surface area contributed by atoms with Gasteiger partial charge in [0.25, 0.3) is 11.8 Å². The molecule has 0 saturated heterocycles. The number of rotatable bonds is 7. The van der Waals surface area contributed by atoms with E-state index in [9.17, 15) is 14.7 Å². The third-order valence-corrected chi connectivity index (χ3v) is 5.14. The van der Waals surface area contributed by atoms with Crippen molar-refractivity contribution >= 4 is 35.3 Å². The van der Waals surface area contributed by atoms with Crippen molar-refractivity contribution in [1.82, 2.24) is 5.32 Å². The van der Waals surface area contributed by atoms with Gasteiger partial charge in [-0.2, -0.15) is 0 Å². The van der Waals surface area contributed by atoms with Crippen LogP contribution in [0.2, 0.25) is 0 Å². The molecule has 0 saturated carbocycles. The van der Waals surface area contributed by atoms with E-state index in [-0.39, 0.29) is 11.4 Å². The second kappa shape index (κ2) is 10.4. The maximum absolute atomic E-state index is 13.0. The van der Waals surface area contributed by atoms with Crippen LogP contribution in [0.5, 0.6) is 11.5 Å². The highest BCUT2D eigenvalue weighted by Crippen LogP contribution is 2.26. The van der Waals surface area contributed by atoms with Crippen LogP contribution in [0.3, 0.4) is 0 Å². The SMILES string of the molecule is COc1cc(O)ccc1/C=C(\NC(=O)c1ccccc1)C(=O)Nc1ccc(SC)cc1. The predicted molar refractivity (Wildman–Crippen MR) is 123 cm³/mol. The zero-order valence-electron chi connectivity index (χ0n) is 17.1. The lowest BCUT2D eigenvalue weighted by Crippen LogP contribution is -2.30. The number of carbonyl (C=O) groups is 2. The fourth-order valence-corrected chi connectivity index (χ4v) is 3.20. The molecule has 3 rings (SSSR count). The minimum absolute atomic E-state index is 0.0298. The number of nitrogens with one attached hydrogen (secondary N) is 2. The lowest BCUT2D eigenvalue weighted by Gasteiger charge is -2.13. The van der Waals surface area contributed by atoms with Crippen molar-refractivity contribution in [3.63, 3.8) is 0 Å². The van der Waals surface area contributed by atoms with Crippen LogP contribution in [0, 0.1) is 0 Å².